The Bertz CT molecular complexity index is 649. The van der Waals surface area contributed by atoms with Gasteiger partial charge in [0.1, 0.15) is 5.69 Å². The van der Waals surface area contributed by atoms with Gasteiger partial charge in [-0.05, 0) is 12.1 Å². The van der Waals surface area contributed by atoms with Crippen LogP contribution in [0.5, 0.6) is 0 Å². The average molecular weight is 364 g/mol. The zero-order valence-corrected chi connectivity index (χ0v) is 12.2. The van der Waals surface area contributed by atoms with E-state index in [1.807, 2.05) is 0 Å². The smallest absolute Gasteiger partial charge is 0.247 e. The number of hydrogen-bond acceptors (Lipinski definition) is 4. The fourth-order valence-electron chi connectivity index (χ4n) is 1.11. The van der Waals surface area contributed by atoms with Crippen molar-refractivity contribution in [2.24, 2.45) is 0 Å². The van der Waals surface area contributed by atoms with Crippen molar-refractivity contribution < 1.29 is 25.6 Å². The number of rotatable bonds is 4. The molecule has 0 aliphatic carbocycles. The summed E-state index contributed by atoms with van der Waals surface area (Å²) in [5.41, 5.74) is -0.915. The molecule has 10 heteroatoms. The van der Waals surface area contributed by atoms with Gasteiger partial charge in [0.15, 0.2) is 26.6 Å². The molecule has 0 saturated heterocycles. The number of benzene rings is 1. The maximum atomic E-state index is 13.3. The molecule has 0 aromatic heterocycles. The van der Waals surface area contributed by atoms with Crippen LogP contribution in [0.3, 0.4) is 0 Å². The second-order valence-electron chi connectivity index (χ2n) is 3.50. The van der Waals surface area contributed by atoms with Gasteiger partial charge in [0.2, 0.25) is 10.0 Å². The maximum Gasteiger partial charge on any atom is 0.247 e. The third-order valence-electron chi connectivity index (χ3n) is 1.63. The van der Waals surface area contributed by atoms with Crippen LogP contribution < -0.4 is 4.72 Å². The Morgan fingerprint density at radius 3 is 2.00 bits per heavy atom. The molecule has 0 heterocycles. The summed E-state index contributed by atoms with van der Waals surface area (Å²) < 4.78 is 72.7. The predicted molar refractivity (Wildman–Crippen MR) is 66.3 cm³/mol. The Hall–Kier alpha value is -0.740. The molecule has 0 amide bonds. The highest BCUT2D eigenvalue weighted by atomic mass is 79.9. The van der Waals surface area contributed by atoms with Crippen molar-refractivity contribution in [1.82, 2.24) is 0 Å². The molecule has 0 aliphatic rings. The molecule has 1 N–H and O–H groups in total. The SMILES string of the molecule is CS(=O)(=O)CS(=O)(=O)Nc1c(F)cc(Br)cc1F. The molecule has 0 atom stereocenters. The molecule has 102 valence electrons. The van der Waals surface area contributed by atoms with Crippen LogP contribution in [-0.2, 0) is 19.9 Å². The summed E-state index contributed by atoms with van der Waals surface area (Å²) in [5.74, 6) is -2.31. The van der Waals surface area contributed by atoms with Crippen LogP contribution in [0, 0.1) is 11.6 Å². The van der Waals surface area contributed by atoms with Crippen LogP contribution in [0.2, 0.25) is 0 Å². The topological polar surface area (TPSA) is 80.3 Å². The zero-order valence-electron chi connectivity index (χ0n) is 8.95. The number of halogens is 3. The summed E-state index contributed by atoms with van der Waals surface area (Å²) >= 11 is 2.82. The Labute approximate surface area is 111 Å². The van der Waals surface area contributed by atoms with Crippen molar-refractivity contribution in [1.29, 1.82) is 0 Å². The molecular formula is C8H8BrF2NO4S2. The molecule has 18 heavy (non-hydrogen) atoms. The Balaban J connectivity index is 3.13. The lowest BCUT2D eigenvalue weighted by molar-refractivity contribution is 0.581. The highest BCUT2D eigenvalue weighted by molar-refractivity contribution is 9.10. The molecule has 0 bridgehead atoms. The number of anilines is 1. The lowest BCUT2D eigenvalue weighted by Crippen LogP contribution is -2.23. The summed E-state index contributed by atoms with van der Waals surface area (Å²) in [6.07, 6.45) is 0.695. The van der Waals surface area contributed by atoms with Crippen LogP contribution in [0.25, 0.3) is 0 Å². The Morgan fingerprint density at radius 2 is 1.61 bits per heavy atom. The van der Waals surface area contributed by atoms with E-state index in [0.29, 0.717) is 6.26 Å². The number of sulfonamides is 1. The molecule has 5 nitrogen and oxygen atoms in total. The molecule has 0 radical (unpaired) electrons. The summed E-state index contributed by atoms with van der Waals surface area (Å²) in [6.45, 7) is 0. The number of hydrogen-bond donors (Lipinski definition) is 1. The molecule has 1 aromatic carbocycles. The number of sulfone groups is 1. The summed E-state index contributed by atoms with van der Waals surface area (Å²) in [5, 5.41) is -1.26. The van der Waals surface area contributed by atoms with Crippen LogP contribution in [-0.4, -0.2) is 28.2 Å². The van der Waals surface area contributed by atoms with Crippen LogP contribution in [0.15, 0.2) is 16.6 Å². The summed E-state index contributed by atoms with van der Waals surface area (Å²) in [6, 6.07) is 1.70. The van der Waals surface area contributed by atoms with Gasteiger partial charge in [-0.25, -0.2) is 25.6 Å². The minimum Gasteiger partial charge on any atom is -0.277 e. The van der Waals surface area contributed by atoms with Crippen LogP contribution in [0.1, 0.15) is 0 Å². The largest absolute Gasteiger partial charge is 0.277 e. The van der Waals surface area contributed by atoms with Gasteiger partial charge < -0.3 is 0 Å². The quantitative estimate of drug-likeness (QED) is 0.878. The monoisotopic (exact) mass is 363 g/mol. The molecule has 0 fully saturated rings. The average Bonchev–Trinajstić information content (AvgIpc) is 2.07. The first-order valence-corrected chi connectivity index (χ1v) is 8.83. The van der Waals surface area contributed by atoms with E-state index in [1.165, 1.54) is 0 Å². The Morgan fingerprint density at radius 1 is 1.17 bits per heavy atom. The summed E-state index contributed by atoms with van der Waals surface area (Å²) in [7, 11) is -8.22. The van der Waals surface area contributed by atoms with E-state index in [2.05, 4.69) is 15.9 Å². The zero-order chi connectivity index (χ0) is 14.1. The molecule has 0 aliphatic heterocycles. The number of nitrogens with one attached hydrogen (secondary N) is 1. The second kappa shape index (κ2) is 5.10. The molecule has 0 unspecified atom stereocenters. The fourth-order valence-corrected chi connectivity index (χ4v) is 4.50. The molecular weight excluding hydrogens is 356 g/mol. The van der Waals surface area contributed by atoms with Crippen molar-refractivity contribution in [2.75, 3.05) is 16.1 Å². The molecule has 1 aromatic rings. The summed E-state index contributed by atoms with van der Waals surface area (Å²) in [4.78, 5) is 0. The van der Waals surface area contributed by atoms with Gasteiger partial charge in [0, 0.05) is 10.7 Å². The van der Waals surface area contributed by atoms with Gasteiger partial charge in [0.05, 0.1) is 0 Å². The highest BCUT2D eigenvalue weighted by Crippen LogP contribution is 2.24. The van der Waals surface area contributed by atoms with E-state index in [4.69, 9.17) is 0 Å². The first-order chi connectivity index (χ1) is 8.00. The van der Waals surface area contributed by atoms with E-state index in [-0.39, 0.29) is 4.47 Å². The van der Waals surface area contributed by atoms with Crippen LogP contribution in [0.4, 0.5) is 14.5 Å². The molecule has 1 rings (SSSR count). The predicted octanol–water partition coefficient (Wildman–Crippen LogP) is 1.47. The lowest BCUT2D eigenvalue weighted by Gasteiger charge is -2.09. The highest BCUT2D eigenvalue weighted by Gasteiger charge is 2.22. The van der Waals surface area contributed by atoms with Crippen molar-refractivity contribution in [2.45, 2.75) is 0 Å². The van der Waals surface area contributed by atoms with Gasteiger partial charge in [0.25, 0.3) is 0 Å². The van der Waals surface area contributed by atoms with Gasteiger partial charge in [-0.2, -0.15) is 0 Å². The third-order valence-corrected chi connectivity index (χ3v) is 5.56. The van der Waals surface area contributed by atoms with Crippen LogP contribution >= 0.6 is 15.9 Å². The normalized spacial score (nSPS) is 12.4. The van der Waals surface area contributed by atoms with Crippen molar-refractivity contribution in [3.63, 3.8) is 0 Å². The van der Waals surface area contributed by atoms with Gasteiger partial charge in [-0.3, -0.25) is 4.72 Å². The molecule has 0 saturated carbocycles. The van der Waals surface area contributed by atoms with Crippen molar-refractivity contribution in [3.8, 4) is 0 Å². The van der Waals surface area contributed by atoms with E-state index in [1.54, 1.807) is 4.72 Å². The Kier molecular flexibility index (Phi) is 4.34. The van der Waals surface area contributed by atoms with E-state index in [9.17, 15) is 25.6 Å². The van der Waals surface area contributed by atoms with Gasteiger partial charge in [-0.1, -0.05) is 15.9 Å². The van der Waals surface area contributed by atoms with E-state index >= 15 is 0 Å². The van der Waals surface area contributed by atoms with Crippen molar-refractivity contribution >= 4 is 41.5 Å². The van der Waals surface area contributed by atoms with E-state index in [0.717, 1.165) is 12.1 Å². The standard InChI is InChI=1S/C8H8BrF2NO4S2/c1-17(13,14)4-18(15,16)12-8-6(10)2-5(9)3-7(8)11/h2-3,12H,4H2,1H3. The third kappa shape index (κ3) is 4.50. The first-order valence-electron chi connectivity index (χ1n) is 4.33. The molecule has 0 spiro atoms. The van der Waals surface area contributed by atoms with Crippen molar-refractivity contribution in [3.05, 3.63) is 28.2 Å². The maximum absolute atomic E-state index is 13.3. The van der Waals surface area contributed by atoms with E-state index < -0.39 is 42.3 Å². The lowest BCUT2D eigenvalue weighted by atomic mass is 10.3. The van der Waals surface area contributed by atoms with Gasteiger partial charge >= 0.3 is 0 Å². The fraction of sp³-hybridized carbons (Fsp3) is 0.250. The second-order valence-corrected chi connectivity index (χ2v) is 8.65. The minimum absolute atomic E-state index is 0.0866. The minimum atomic E-state index is -4.38. The van der Waals surface area contributed by atoms with Gasteiger partial charge in [-0.15, -0.1) is 0 Å². The first kappa shape index (κ1) is 15.3.